The summed E-state index contributed by atoms with van der Waals surface area (Å²) in [4.78, 5) is 26.4. The third-order valence-electron chi connectivity index (χ3n) is 2.28. The summed E-state index contributed by atoms with van der Waals surface area (Å²) in [7, 11) is 0. The average molecular weight is 259 g/mol. The molecule has 90 valence electrons. The molecule has 1 atom stereocenters. The summed E-state index contributed by atoms with van der Waals surface area (Å²) in [5, 5.41) is 13.9. The van der Waals surface area contributed by atoms with Crippen LogP contribution in [0.3, 0.4) is 0 Å². The number of carbonyl (C=O) groups excluding carboxylic acids is 2. The molecule has 1 amide bonds. The number of anilines is 1. The molecule has 2 N–H and O–H groups in total. The highest BCUT2D eigenvalue weighted by atomic mass is 32.1. The van der Waals surface area contributed by atoms with Crippen LogP contribution in [0.5, 0.6) is 0 Å². The lowest BCUT2D eigenvalue weighted by molar-refractivity contribution is -0.117. The lowest BCUT2D eigenvalue weighted by Crippen LogP contribution is -2.28. The third kappa shape index (κ3) is 2.47. The summed E-state index contributed by atoms with van der Waals surface area (Å²) < 4.78 is 0. The number of nitrogens with zero attached hydrogens (tertiary/aromatic N) is 1. The van der Waals surface area contributed by atoms with Gasteiger partial charge in [0.2, 0.25) is 11.7 Å². The summed E-state index contributed by atoms with van der Waals surface area (Å²) in [5.41, 5.74) is 0.253. The van der Waals surface area contributed by atoms with Crippen molar-refractivity contribution in [3.63, 3.8) is 0 Å². The van der Waals surface area contributed by atoms with Crippen LogP contribution in [0, 0.1) is 17.2 Å². The lowest BCUT2D eigenvalue weighted by atomic mass is 10.0. The van der Waals surface area contributed by atoms with Gasteiger partial charge in [0.25, 0.3) is 0 Å². The van der Waals surface area contributed by atoms with Gasteiger partial charge in [0.05, 0.1) is 16.8 Å². The van der Waals surface area contributed by atoms with Gasteiger partial charge < -0.3 is 10.3 Å². The normalized spacial score (nSPS) is 11.5. The number of ketones is 1. The van der Waals surface area contributed by atoms with E-state index in [1.54, 1.807) is 35.8 Å². The summed E-state index contributed by atoms with van der Waals surface area (Å²) in [6.45, 7) is 0. The number of hydrogen-bond acceptors (Lipinski definition) is 4. The van der Waals surface area contributed by atoms with Crippen molar-refractivity contribution in [1.29, 1.82) is 5.26 Å². The van der Waals surface area contributed by atoms with Gasteiger partial charge in [0.15, 0.2) is 5.92 Å². The molecule has 0 spiro atoms. The van der Waals surface area contributed by atoms with E-state index < -0.39 is 17.6 Å². The second kappa shape index (κ2) is 5.29. The molecule has 5 nitrogen and oxygen atoms in total. The maximum atomic E-state index is 11.9. The van der Waals surface area contributed by atoms with Crippen molar-refractivity contribution in [2.75, 3.05) is 5.32 Å². The summed E-state index contributed by atoms with van der Waals surface area (Å²) in [6.07, 6.45) is 1.57. The first-order chi connectivity index (χ1) is 8.72. The molecule has 0 saturated heterocycles. The van der Waals surface area contributed by atoms with Crippen LogP contribution >= 0.6 is 11.3 Å². The van der Waals surface area contributed by atoms with Gasteiger partial charge in [0, 0.05) is 6.20 Å². The first-order valence-electron chi connectivity index (χ1n) is 5.14. The first kappa shape index (κ1) is 12.1. The fourth-order valence-corrected chi connectivity index (χ4v) is 2.04. The first-order valence-corrected chi connectivity index (χ1v) is 6.02. The monoisotopic (exact) mass is 259 g/mol. The van der Waals surface area contributed by atoms with Crippen molar-refractivity contribution in [2.45, 2.75) is 0 Å². The molecule has 2 heterocycles. The van der Waals surface area contributed by atoms with Gasteiger partial charge >= 0.3 is 0 Å². The average Bonchev–Trinajstić information content (AvgIpc) is 3.01. The molecule has 18 heavy (non-hydrogen) atoms. The second-order valence-corrected chi connectivity index (χ2v) is 4.42. The smallest absolute Gasteiger partial charge is 0.250 e. The molecule has 0 aromatic carbocycles. The zero-order valence-electron chi connectivity index (χ0n) is 9.21. The topological polar surface area (TPSA) is 85.8 Å². The zero-order chi connectivity index (χ0) is 13.0. The van der Waals surface area contributed by atoms with Crippen LogP contribution in [0.4, 0.5) is 5.00 Å². The molecule has 2 aromatic heterocycles. The third-order valence-corrected chi connectivity index (χ3v) is 3.07. The van der Waals surface area contributed by atoms with Gasteiger partial charge in [0.1, 0.15) is 0 Å². The molecule has 0 saturated carbocycles. The van der Waals surface area contributed by atoms with E-state index >= 15 is 0 Å². The molecule has 0 aliphatic heterocycles. The number of aromatic nitrogens is 1. The SMILES string of the molecule is N#CC(C(=O)Nc1cccs1)C(=O)c1ccc[nH]1. The molecular weight excluding hydrogens is 250 g/mol. The maximum absolute atomic E-state index is 11.9. The second-order valence-electron chi connectivity index (χ2n) is 3.48. The van der Waals surface area contributed by atoms with Crippen molar-refractivity contribution in [3.8, 4) is 6.07 Å². The Morgan fingerprint density at radius 2 is 2.22 bits per heavy atom. The van der Waals surface area contributed by atoms with Crippen LogP contribution in [-0.4, -0.2) is 16.7 Å². The van der Waals surface area contributed by atoms with E-state index in [1.165, 1.54) is 17.4 Å². The van der Waals surface area contributed by atoms with E-state index in [4.69, 9.17) is 5.26 Å². The number of nitriles is 1. The van der Waals surface area contributed by atoms with E-state index in [1.807, 2.05) is 0 Å². The Hall–Kier alpha value is -2.39. The quantitative estimate of drug-likeness (QED) is 0.650. The molecule has 0 bridgehead atoms. The molecule has 2 rings (SSSR count). The van der Waals surface area contributed by atoms with Crippen molar-refractivity contribution >= 4 is 28.0 Å². The minimum Gasteiger partial charge on any atom is -0.359 e. The molecule has 0 fully saturated rings. The predicted molar refractivity (Wildman–Crippen MR) is 67.2 cm³/mol. The van der Waals surface area contributed by atoms with Gasteiger partial charge in [-0.1, -0.05) is 0 Å². The van der Waals surface area contributed by atoms with Gasteiger partial charge in [-0.05, 0) is 29.6 Å². The van der Waals surface area contributed by atoms with Gasteiger partial charge in [-0.25, -0.2) is 0 Å². The predicted octanol–water partition coefficient (Wildman–Crippen LogP) is 2.04. The number of H-pyrrole nitrogens is 1. The number of thiophene rings is 1. The molecule has 2 aromatic rings. The van der Waals surface area contributed by atoms with Crippen molar-refractivity contribution in [1.82, 2.24) is 4.98 Å². The van der Waals surface area contributed by atoms with Crippen LogP contribution < -0.4 is 5.32 Å². The summed E-state index contributed by atoms with van der Waals surface area (Å²) in [5.74, 6) is -2.48. The minimum atomic E-state index is -1.34. The highest BCUT2D eigenvalue weighted by Crippen LogP contribution is 2.17. The van der Waals surface area contributed by atoms with Crippen LogP contribution in [0.25, 0.3) is 0 Å². The van der Waals surface area contributed by atoms with Crippen LogP contribution in [0.2, 0.25) is 0 Å². The number of amides is 1. The van der Waals surface area contributed by atoms with E-state index in [-0.39, 0.29) is 5.69 Å². The van der Waals surface area contributed by atoms with Crippen molar-refractivity contribution < 1.29 is 9.59 Å². The minimum absolute atomic E-state index is 0.253. The van der Waals surface area contributed by atoms with Crippen molar-refractivity contribution in [2.24, 2.45) is 5.92 Å². The van der Waals surface area contributed by atoms with E-state index in [2.05, 4.69) is 10.3 Å². The maximum Gasteiger partial charge on any atom is 0.250 e. The Labute approximate surface area is 107 Å². The van der Waals surface area contributed by atoms with Gasteiger partial charge in [-0.3, -0.25) is 9.59 Å². The summed E-state index contributed by atoms with van der Waals surface area (Å²) in [6, 6.07) is 8.37. The molecule has 6 heteroatoms. The Bertz CT molecular complexity index is 581. The highest BCUT2D eigenvalue weighted by molar-refractivity contribution is 7.14. The Balaban J connectivity index is 2.12. The van der Waals surface area contributed by atoms with Gasteiger partial charge in [-0.15, -0.1) is 11.3 Å². The lowest BCUT2D eigenvalue weighted by Gasteiger charge is -2.06. The van der Waals surface area contributed by atoms with Gasteiger partial charge in [-0.2, -0.15) is 5.26 Å². The largest absolute Gasteiger partial charge is 0.359 e. The molecule has 0 aliphatic rings. The number of Topliss-reactive ketones (excluding diaryl/α,β-unsaturated/α-hetero) is 1. The molecule has 0 radical (unpaired) electrons. The van der Waals surface area contributed by atoms with E-state index in [0.29, 0.717) is 5.00 Å². The van der Waals surface area contributed by atoms with Crippen molar-refractivity contribution in [3.05, 3.63) is 41.5 Å². The highest BCUT2D eigenvalue weighted by Gasteiger charge is 2.28. The number of carbonyl (C=O) groups is 2. The summed E-state index contributed by atoms with van der Waals surface area (Å²) >= 11 is 1.33. The number of aromatic amines is 1. The van der Waals surface area contributed by atoms with Crippen LogP contribution in [0.15, 0.2) is 35.8 Å². The molecular formula is C12H9N3O2S. The fourth-order valence-electron chi connectivity index (χ4n) is 1.42. The fraction of sp³-hybridized carbons (Fsp3) is 0.0833. The Morgan fingerprint density at radius 3 is 2.78 bits per heavy atom. The zero-order valence-corrected chi connectivity index (χ0v) is 10.0. The van der Waals surface area contributed by atoms with E-state index in [0.717, 1.165) is 0 Å². The number of nitrogens with one attached hydrogen (secondary N) is 2. The van der Waals surface area contributed by atoms with Crippen LogP contribution in [0.1, 0.15) is 10.5 Å². The Kier molecular flexibility index (Phi) is 3.55. The van der Waals surface area contributed by atoms with Crippen LogP contribution in [-0.2, 0) is 4.79 Å². The standard InChI is InChI=1S/C12H9N3O2S/c13-7-8(11(16)9-3-1-5-14-9)12(17)15-10-4-2-6-18-10/h1-6,8,14H,(H,15,17). The number of rotatable bonds is 4. The Morgan fingerprint density at radius 1 is 1.39 bits per heavy atom. The molecule has 0 aliphatic carbocycles. The molecule has 1 unspecified atom stereocenters. The number of hydrogen-bond donors (Lipinski definition) is 2. The van der Waals surface area contributed by atoms with E-state index in [9.17, 15) is 9.59 Å².